The third-order valence-electron chi connectivity index (χ3n) is 3.25. The van der Waals surface area contributed by atoms with E-state index in [0.29, 0.717) is 22.4 Å². The number of fused-ring (bicyclic) bond motifs is 1. The van der Waals surface area contributed by atoms with Crippen LogP contribution in [0, 0.1) is 5.82 Å². The summed E-state index contributed by atoms with van der Waals surface area (Å²) >= 11 is 4.61. The quantitative estimate of drug-likeness (QED) is 0.604. The van der Waals surface area contributed by atoms with E-state index in [-0.39, 0.29) is 11.7 Å². The van der Waals surface area contributed by atoms with Gasteiger partial charge in [0.25, 0.3) is 5.91 Å². The van der Waals surface area contributed by atoms with Gasteiger partial charge in [-0.2, -0.15) is 4.99 Å². The van der Waals surface area contributed by atoms with Gasteiger partial charge in [0.1, 0.15) is 5.82 Å². The molecule has 1 heterocycles. The van der Waals surface area contributed by atoms with Gasteiger partial charge in [-0.3, -0.25) is 4.79 Å². The molecule has 0 saturated heterocycles. The lowest BCUT2D eigenvalue weighted by Crippen LogP contribution is -2.16. The minimum atomic E-state index is -0.359. The molecular weight excluding hydrogens is 379 g/mol. The fourth-order valence-corrected chi connectivity index (χ4v) is 3.53. The first kappa shape index (κ1) is 15.8. The number of thiazole rings is 1. The van der Waals surface area contributed by atoms with Gasteiger partial charge in [-0.05, 0) is 36.4 Å². The molecular formula is C17H12BrFN2OS. The van der Waals surface area contributed by atoms with E-state index in [1.165, 1.54) is 17.4 Å². The Balaban J connectivity index is 2.16. The number of hydrogen-bond acceptors (Lipinski definition) is 2. The van der Waals surface area contributed by atoms with Crippen molar-refractivity contribution >= 4 is 43.4 Å². The molecule has 23 heavy (non-hydrogen) atoms. The monoisotopic (exact) mass is 390 g/mol. The molecule has 0 aliphatic rings. The summed E-state index contributed by atoms with van der Waals surface area (Å²) in [4.78, 5) is 17.0. The second-order valence-electron chi connectivity index (χ2n) is 4.79. The van der Waals surface area contributed by atoms with E-state index in [0.717, 1.165) is 9.17 Å². The minimum absolute atomic E-state index is 0.335. The summed E-state index contributed by atoms with van der Waals surface area (Å²) in [5, 5.41) is 0. The number of halogens is 2. The van der Waals surface area contributed by atoms with Crippen molar-refractivity contribution in [3.8, 4) is 0 Å². The number of aromatic nitrogens is 1. The lowest BCUT2D eigenvalue weighted by atomic mass is 10.2. The number of carbonyl (C=O) groups excluding carboxylic acids is 1. The Morgan fingerprint density at radius 3 is 2.74 bits per heavy atom. The normalized spacial score (nSPS) is 11.8. The van der Waals surface area contributed by atoms with Crippen molar-refractivity contribution in [3.05, 3.63) is 75.8 Å². The molecule has 1 amide bonds. The molecule has 0 N–H and O–H groups in total. The van der Waals surface area contributed by atoms with E-state index < -0.39 is 0 Å². The molecule has 3 aromatic rings. The zero-order valence-electron chi connectivity index (χ0n) is 12.0. The number of para-hydroxylation sites is 1. The maximum atomic E-state index is 14.1. The molecule has 3 rings (SSSR count). The van der Waals surface area contributed by atoms with Crippen LogP contribution in [0.3, 0.4) is 0 Å². The first-order chi connectivity index (χ1) is 11.1. The van der Waals surface area contributed by atoms with Crippen molar-refractivity contribution in [1.82, 2.24) is 4.57 Å². The molecule has 0 bridgehead atoms. The molecule has 3 nitrogen and oxygen atoms in total. The average molecular weight is 391 g/mol. The molecule has 0 fully saturated rings. The van der Waals surface area contributed by atoms with Gasteiger partial charge in [0.05, 0.1) is 10.2 Å². The fourth-order valence-electron chi connectivity index (χ4n) is 2.21. The first-order valence-corrected chi connectivity index (χ1v) is 8.44. The number of rotatable bonds is 3. The van der Waals surface area contributed by atoms with Gasteiger partial charge in [-0.15, -0.1) is 6.58 Å². The molecule has 0 aliphatic heterocycles. The molecule has 0 unspecified atom stereocenters. The summed E-state index contributed by atoms with van der Waals surface area (Å²) in [6.07, 6.45) is 1.65. The molecule has 0 spiro atoms. The van der Waals surface area contributed by atoms with Crippen molar-refractivity contribution in [2.24, 2.45) is 4.99 Å². The summed E-state index contributed by atoms with van der Waals surface area (Å²) in [6, 6.07) is 11.8. The maximum Gasteiger partial charge on any atom is 0.279 e. The van der Waals surface area contributed by atoms with Crippen LogP contribution in [-0.2, 0) is 6.54 Å². The highest BCUT2D eigenvalue weighted by Crippen LogP contribution is 2.20. The number of hydrogen-bond donors (Lipinski definition) is 0. The Hall–Kier alpha value is -2.05. The summed E-state index contributed by atoms with van der Waals surface area (Å²) in [6.45, 7) is 4.07. The van der Waals surface area contributed by atoms with E-state index in [1.807, 2.05) is 6.07 Å². The third-order valence-corrected chi connectivity index (χ3v) is 4.82. The molecule has 2 aromatic carbocycles. The summed E-state index contributed by atoms with van der Waals surface area (Å²) in [7, 11) is 0. The Bertz CT molecular complexity index is 957. The van der Waals surface area contributed by atoms with Gasteiger partial charge >= 0.3 is 0 Å². The fraction of sp³-hybridized carbons (Fsp3) is 0.0588. The lowest BCUT2D eigenvalue weighted by Gasteiger charge is -2.01. The van der Waals surface area contributed by atoms with E-state index in [1.54, 1.807) is 41.0 Å². The smallest absolute Gasteiger partial charge is 0.279 e. The van der Waals surface area contributed by atoms with Crippen LogP contribution in [0.4, 0.5) is 4.39 Å². The first-order valence-electron chi connectivity index (χ1n) is 6.83. The molecule has 1 aromatic heterocycles. The van der Waals surface area contributed by atoms with Crippen LogP contribution in [0.15, 0.2) is 64.6 Å². The predicted octanol–water partition coefficient (Wildman–Crippen LogP) is 4.53. The van der Waals surface area contributed by atoms with Crippen molar-refractivity contribution in [2.75, 3.05) is 0 Å². The van der Waals surface area contributed by atoms with Crippen molar-refractivity contribution in [2.45, 2.75) is 6.54 Å². The van der Waals surface area contributed by atoms with Gasteiger partial charge in [-0.25, -0.2) is 4.39 Å². The topological polar surface area (TPSA) is 34.4 Å². The van der Waals surface area contributed by atoms with Crippen LogP contribution < -0.4 is 4.80 Å². The standard InChI is InChI=1S/C17H12BrFN2OS/c1-2-10-21-15-13(19)4-3-5-14(15)23-17(21)20-16(22)11-6-8-12(18)9-7-11/h2-9H,1,10H2. The third kappa shape index (κ3) is 3.18. The highest BCUT2D eigenvalue weighted by atomic mass is 79.9. The molecule has 0 saturated carbocycles. The van der Waals surface area contributed by atoms with Gasteiger partial charge in [-0.1, -0.05) is 39.4 Å². The number of nitrogens with zero attached hydrogens (tertiary/aromatic N) is 2. The highest BCUT2D eigenvalue weighted by Gasteiger charge is 2.11. The largest absolute Gasteiger partial charge is 0.310 e. The van der Waals surface area contributed by atoms with Crippen molar-refractivity contribution in [1.29, 1.82) is 0 Å². The van der Waals surface area contributed by atoms with Crippen molar-refractivity contribution < 1.29 is 9.18 Å². The van der Waals surface area contributed by atoms with Crippen LogP contribution >= 0.6 is 27.3 Å². The SMILES string of the molecule is C=CCn1c(=NC(=O)c2ccc(Br)cc2)sc2cccc(F)c21. The van der Waals surface area contributed by atoms with Gasteiger partial charge in [0.2, 0.25) is 0 Å². The zero-order chi connectivity index (χ0) is 16.4. The summed E-state index contributed by atoms with van der Waals surface area (Å²) in [5.41, 5.74) is 0.927. The minimum Gasteiger partial charge on any atom is -0.310 e. The number of benzene rings is 2. The van der Waals surface area contributed by atoms with Crippen LogP contribution in [-0.4, -0.2) is 10.5 Å². The Morgan fingerprint density at radius 2 is 2.04 bits per heavy atom. The molecule has 6 heteroatoms. The second kappa shape index (κ2) is 6.60. The van der Waals surface area contributed by atoms with Crippen LogP contribution in [0.5, 0.6) is 0 Å². The Labute approximate surface area is 144 Å². The molecule has 0 radical (unpaired) electrons. The molecule has 0 atom stereocenters. The maximum absolute atomic E-state index is 14.1. The van der Waals surface area contributed by atoms with Crippen LogP contribution in [0.2, 0.25) is 0 Å². The van der Waals surface area contributed by atoms with Gasteiger partial charge < -0.3 is 4.57 Å². The number of carbonyl (C=O) groups is 1. The van der Waals surface area contributed by atoms with Crippen LogP contribution in [0.1, 0.15) is 10.4 Å². The summed E-state index contributed by atoms with van der Waals surface area (Å²) in [5.74, 6) is -0.694. The second-order valence-corrected chi connectivity index (χ2v) is 6.72. The molecule has 0 aliphatic carbocycles. The van der Waals surface area contributed by atoms with E-state index in [2.05, 4.69) is 27.5 Å². The van der Waals surface area contributed by atoms with Gasteiger partial charge in [0, 0.05) is 16.6 Å². The van der Waals surface area contributed by atoms with E-state index in [4.69, 9.17) is 0 Å². The Kier molecular flexibility index (Phi) is 4.54. The van der Waals surface area contributed by atoms with Crippen molar-refractivity contribution in [3.63, 3.8) is 0 Å². The average Bonchev–Trinajstić information content (AvgIpc) is 2.87. The number of amides is 1. The van der Waals surface area contributed by atoms with E-state index >= 15 is 0 Å². The Morgan fingerprint density at radius 1 is 1.30 bits per heavy atom. The lowest BCUT2D eigenvalue weighted by molar-refractivity contribution is 0.0998. The van der Waals surface area contributed by atoms with Gasteiger partial charge in [0.15, 0.2) is 4.80 Å². The van der Waals surface area contributed by atoms with Crippen LogP contribution in [0.25, 0.3) is 10.2 Å². The summed E-state index contributed by atoms with van der Waals surface area (Å²) < 4.78 is 17.4. The predicted molar refractivity (Wildman–Crippen MR) is 94.0 cm³/mol. The molecule has 116 valence electrons. The number of allylic oxidation sites excluding steroid dienone is 1. The van der Waals surface area contributed by atoms with E-state index in [9.17, 15) is 9.18 Å². The zero-order valence-corrected chi connectivity index (χ0v) is 14.4. The highest BCUT2D eigenvalue weighted by molar-refractivity contribution is 9.10.